The summed E-state index contributed by atoms with van der Waals surface area (Å²) in [5.41, 5.74) is 4.84. The maximum absolute atomic E-state index is 13.0. The second-order valence-electron chi connectivity index (χ2n) is 7.38. The van der Waals surface area contributed by atoms with Crippen molar-refractivity contribution in [2.45, 2.75) is 19.4 Å². The van der Waals surface area contributed by atoms with E-state index in [1.807, 2.05) is 36.2 Å². The number of benzene rings is 1. The maximum Gasteiger partial charge on any atom is 0.264 e. The Bertz CT molecular complexity index is 1070. The van der Waals surface area contributed by atoms with Crippen LogP contribution in [0.25, 0.3) is 22.2 Å². The first-order chi connectivity index (χ1) is 13.6. The lowest BCUT2D eigenvalue weighted by Gasteiger charge is -2.29. The molecule has 1 unspecified atom stereocenters. The smallest absolute Gasteiger partial charge is 0.264 e. The molecule has 0 bridgehead atoms. The molecule has 2 aromatic heterocycles. The molecule has 7 heteroatoms. The van der Waals surface area contributed by atoms with Gasteiger partial charge in [0.25, 0.3) is 5.91 Å². The lowest BCUT2D eigenvalue weighted by Crippen LogP contribution is -2.50. The number of hydrogen-bond acceptors (Lipinski definition) is 4. The third kappa shape index (κ3) is 2.84. The monoisotopic (exact) mass is 396 g/mol. The number of carbonyl (C=O) groups is 1. The third-order valence-corrected chi connectivity index (χ3v) is 5.78. The van der Waals surface area contributed by atoms with Gasteiger partial charge in [-0.25, -0.2) is 4.98 Å². The van der Waals surface area contributed by atoms with Gasteiger partial charge in [0.15, 0.2) is 6.10 Å². The van der Waals surface area contributed by atoms with Crippen molar-refractivity contribution in [1.29, 1.82) is 0 Å². The summed E-state index contributed by atoms with van der Waals surface area (Å²) in [6.45, 7) is 5.13. The summed E-state index contributed by atoms with van der Waals surface area (Å²) in [6.07, 6.45) is 3.78. The van der Waals surface area contributed by atoms with E-state index >= 15 is 0 Å². The number of nitrogens with zero attached hydrogens (tertiary/aromatic N) is 2. The molecule has 0 aliphatic carbocycles. The van der Waals surface area contributed by atoms with Crippen LogP contribution in [0.4, 0.5) is 0 Å². The zero-order chi connectivity index (χ0) is 19.3. The van der Waals surface area contributed by atoms with Crippen LogP contribution in [-0.4, -0.2) is 53.1 Å². The number of H-pyrrole nitrogens is 1. The number of fused-ring (bicyclic) bond motifs is 2. The summed E-state index contributed by atoms with van der Waals surface area (Å²) in [5.74, 6) is 0.809. The highest BCUT2D eigenvalue weighted by Crippen LogP contribution is 2.43. The summed E-state index contributed by atoms with van der Waals surface area (Å²) >= 11 is 6.44. The van der Waals surface area contributed by atoms with Gasteiger partial charge in [-0.3, -0.25) is 4.79 Å². The lowest BCUT2D eigenvalue weighted by molar-refractivity contribution is -0.138. The number of rotatable bonds is 2. The number of aromatic amines is 1. The fourth-order valence-electron chi connectivity index (χ4n) is 4.19. The summed E-state index contributed by atoms with van der Waals surface area (Å²) in [7, 11) is 0. The molecule has 2 aliphatic rings. The van der Waals surface area contributed by atoms with E-state index in [1.54, 1.807) is 6.20 Å². The topological polar surface area (TPSA) is 70.2 Å². The SMILES string of the molecule is Cc1c[nH]c2nccc(-c3cc(Cl)cc4c3OC(C(=O)N3CCNCC3)C4)c12. The van der Waals surface area contributed by atoms with E-state index in [0.717, 1.165) is 65.2 Å². The highest BCUT2D eigenvalue weighted by molar-refractivity contribution is 6.31. The quantitative estimate of drug-likeness (QED) is 0.698. The third-order valence-electron chi connectivity index (χ3n) is 5.56. The number of amides is 1. The Balaban J connectivity index is 1.55. The average molecular weight is 397 g/mol. The molecule has 0 saturated carbocycles. The molecule has 144 valence electrons. The summed E-state index contributed by atoms with van der Waals surface area (Å²) in [5, 5.41) is 4.97. The number of aromatic nitrogens is 2. The predicted octanol–water partition coefficient (Wildman–Crippen LogP) is 2.93. The van der Waals surface area contributed by atoms with E-state index in [4.69, 9.17) is 16.3 Å². The lowest BCUT2D eigenvalue weighted by atomic mass is 9.98. The van der Waals surface area contributed by atoms with Crippen molar-refractivity contribution in [2.24, 2.45) is 0 Å². The van der Waals surface area contributed by atoms with Crippen molar-refractivity contribution in [1.82, 2.24) is 20.2 Å². The average Bonchev–Trinajstić information content (AvgIpc) is 3.31. The zero-order valence-corrected chi connectivity index (χ0v) is 16.3. The second kappa shape index (κ2) is 6.79. The van der Waals surface area contributed by atoms with Crippen LogP contribution in [0.1, 0.15) is 11.1 Å². The van der Waals surface area contributed by atoms with Crippen LogP contribution >= 0.6 is 11.6 Å². The standard InChI is InChI=1S/C21H21ClN4O2/c1-12-11-25-20-18(12)15(2-3-24-20)16-10-14(22)8-13-9-17(28-19(13)16)21(27)26-6-4-23-5-7-26/h2-3,8,10-11,17,23H,4-7,9H2,1H3,(H,24,25). The van der Waals surface area contributed by atoms with Crippen molar-refractivity contribution in [3.63, 3.8) is 0 Å². The molecule has 1 atom stereocenters. The number of nitrogens with one attached hydrogen (secondary N) is 2. The van der Waals surface area contributed by atoms with Crippen LogP contribution in [0.3, 0.4) is 0 Å². The Hall–Kier alpha value is -2.57. The van der Waals surface area contributed by atoms with E-state index in [9.17, 15) is 4.79 Å². The highest BCUT2D eigenvalue weighted by atomic mass is 35.5. The van der Waals surface area contributed by atoms with Gasteiger partial charge in [0.1, 0.15) is 11.4 Å². The number of hydrogen-bond donors (Lipinski definition) is 2. The van der Waals surface area contributed by atoms with E-state index in [-0.39, 0.29) is 5.91 Å². The molecule has 28 heavy (non-hydrogen) atoms. The first-order valence-corrected chi connectivity index (χ1v) is 9.91. The summed E-state index contributed by atoms with van der Waals surface area (Å²) in [6, 6.07) is 5.80. The van der Waals surface area contributed by atoms with Crippen molar-refractivity contribution in [2.75, 3.05) is 26.2 Å². The first-order valence-electron chi connectivity index (χ1n) is 9.53. The van der Waals surface area contributed by atoms with Gasteiger partial charge in [0, 0.05) is 66.5 Å². The molecular formula is C21H21ClN4O2. The molecule has 2 aliphatic heterocycles. The Morgan fingerprint density at radius 2 is 2.11 bits per heavy atom. The Morgan fingerprint density at radius 3 is 2.93 bits per heavy atom. The van der Waals surface area contributed by atoms with Crippen LogP contribution in [0, 0.1) is 6.92 Å². The van der Waals surface area contributed by atoms with Crippen LogP contribution in [0.2, 0.25) is 5.02 Å². The van der Waals surface area contributed by atoms with E-state index in [1.165, 1.54) is 0 Å². The van der Waals surface area contributed by atoms with E-state index in [0.29, 0.717) is 11.4 Å². The minimum Gasteiger partial charge on any atom is -0.479 e. The molecule has 3 aromatic rings. The highest BCUT2D eigenvalue weighted by Gasteiger charge is 2.35. The van der Waals surface area contributed by atoms with Crippen molar-refractivity contribution in [3.8, 4) is 16.9 Å². The van der Waals surface area contributed by atoms with Crippen molar-refractivity contribution >= 4 is 28.5 Å². The zero-order valence-electron chi connectivity index (χ0n) is 15.6. The van der Waals surface area contributed by atoms with Crippen LogP contribution in [0.15, 0.2) is 30.6 Å². The fraction of sp³-hybridized carbons (Fsp3) is 0.333. The minimum absolute atomic E-state index is 0.0532. The van der Waals surface area contributed by atoms with Gasteiger partial charge < -0.3 is 19.9 Å². The Morgan fingerprint density at radius 1 is 1.29 bits per heavy atom. The van der Waals surface area contributed by atoms with Gasteiger partial charge >= 0.3 is 0 Å². The van der Waals surface area contributed by atoms with Crippen molar-refractivity contribution in [3.05, 3.63) is 46.7 Å². The molecule has 5 rings (SSSR count). The van der Waals surface area contributed by atoms with Gasteiger partial charge in [-0.05, 0) is 36.2 Å². The molecule has 1 saturated heterocycles. The summed E-state index contributed by atoms with van der Waals surface area (Å²) in [4.78, 5) is 22.4. The minimum atomic E-state index is -0.491. The molecule has 1 aromatic carbocycles. The number of pyridine rings is 1. The van der Waals surface area contributed by atoms with Crippen LogP contribution in [0.5, 0.6) is 5.75 Å². The molecule has 6 nitrogen and oxygen atoms in total. The van der Waals surface area contributed by atoms with Crippen molar-refractivity contribution < 1.29 is 9.53 Å². The molecular weight excluding hydrogens is 376 g/mol. The second-order valence-corrected chi connectivity index (χ2v) is 7.82. The van der Waals surface area contributed by atoms with Gasteiger partial charge in [-0.15, -0.1) is 0 Å². The number of aryl methyl sites for hydroxylation is 1. The largest absolute Gasteiger partial charge is 0.479 e. The maximum atomic E-state index is 13.0. The van der Waals surface area contributed by atoms with E-state index in [2.05, 4.69) is 15.3 Å². The fourth-order valence-corrected chi connectivity index (χ4v) is 4.44. The van der Waals surface area contributed by atoms with Gasteiger partial charge in [-0.2, -0.15) is 0 Å². The molecule has 4 heterocycles. The summed E-state index contributed by atoms with van der Waals surface area (Å²) < 4.78 is 6.23. The number of carbonyl (C=O) groups excluding carboxylic acids is 1. The molecule has 1 amide bonds. The van der Waals surface area contributed by atoms with Gasteiger partial charge in [0.2, 0.25) is 0 Å². The molecule has 2 N–H and O–H groups in total. The normalized spacial score (nSPS) is 18.9. The first kappa shape index (κ1) is 17.5. The number of piperazine rings is 1. The molecule has 1 fully saturated rings. The van der Waals surface area contributed by atoms with Crippen LogP contribution < -0.4 is 10.1 Å². The van der Waals surface area contributed by atoms with Gasteiger partial charge in [-0.1, -0.05) is 11.6 Å². The molecule has 0 radical (unpaired) electrons. The van der Waals surface area contributed by atoms with Crippen LogP contribution in [-0.2, 0) is 11.2 Å². The Labute approximate surface area is 167 Å². The Kier molecular flexibility index (Phi) is 4.25. The molecule has 0 spiro atoms. The van der Waals surface area contributed by atoms with E-state index < -0.39 is 6.10 Å². The van der Waals surface area contributed by atoms with Gasteiger partial charge in [0.05, 0.1) is 0 Å². The number of halogens is 1. The number of ether oxygens (including phenoxy) is 1. The predicted molar refractivity (Wildman–Crippen MR) is 109 cm³/mol.